The molecule has 7 heteroatoms. The van der Waals surface area contributed by atoms with Gasteiger partial charge in [0.25, 0.3) is 0 Å². The second-order valence-electron chi connectivity index (χ2n) is 8.01. The van der Waals surface area contributed by atoms with Gasteiger partial charge in [-0.25, -0.2) is 4.99 Å². The van der Waals surface area contributed by atoms with E-state index in [1.807, 2.05) is 61.5 Å². The number of rotatable bonds is 9. The molecule has 0 aliphatic heterocycles. The number of hydrogen-bond donors (Lipinski definition) is 4. The number of carbonyl (C=O) groups excluding carboxylic acids is 1. The Balaban J connectivity index is 0.00000363. The number of nitrogens with one attached hydrogen (secondary N) is 3. The Morgan fingerprint density at radius 3 is 2.56 bits per heavy atom. The zero-order chi connectivity index (χ0) is 21.9. The molecule has 3 rings (SSSR count). The van der Waals surface area contributed by atoms with Crippen molar-refractivity contribution in [3.05, 3.63) is 65.7 Å². The Morgan fingerprint density at radius 1 is 1.09 bits per heavy atom. The number of amides is 1. The van der Waals surface area contributed by atoms with Crippen LogP contribution in [0.1, 0.15) is 56.3 Å². The van der Waals surface area contributed by atoms with Crippen LogP contribution in [-0.4, -0.2) is 30.1 Å². The highest BCUT2D eigenvalue weighted by atomic mass is 127. The highest BCUT2D eigenvalue weighted by Gasteiger charge is 2.22. The second-order valence-corrected chi connectivity index (χ2v) is 8.01. The number of aliphatic imine (C=N–C) groups is 1. The van der Waals surface area contributed by atoms with Crippen molar-refractivity contribution in [1.82, 2.24) is 10.6 Å². The molecule has 2 aromatic carbocycles. The van der Waals surface area contributed by atoms with Gasteiger partial charge in [0.1, 0.15) is 0 Å². The maximum atomic E-state index is 12.4. The minimum Gasteiger partial charge on any atom is -0.388 e. The number of benzene rings is 2. The molecule has 174 valence electrons. The molecule has 6 nitrogen and oxygen atoms in total. The van der Waals surface area contributed by atoms with Gasteiger partial charge in [-0.2, -0.15) is 0 Å². The minimum atomic E-state index is -0.503. The molecule has 0 spiro atoms. The van der Waals surface area contributed by atoms with Crippen LogP contribution < -0.4 is 16.0 Å². The van der Waals surface area contributed by atoms with E-state index in [4.69, 9.17) is 0 Å². The summed E-state index contributed by atoms with van der Waals surface area (Å²) in [6.07, 6.45) is 4.37. The largest absolute Gasteiger partial charge is 0.388 e. The van der Waals surface area contributed by atoms with E-state index in [2.05, 4.69) is 20.9 Å². The fourth-order valence-electron chi connectivity index (χ4n) is 3.86. The van der Waals surface area contributed by atoms with Crippen LogP contribution in [-0.2, 0) is 11.3 Å². The van der Waals surface area contributed by atoms with Gasteiger partial charge in [-0.05, 0) is 49.4 Å². The lowest BCUT2D eigenvalue weighted by atomic mass is 10.1. The number of halogens is 1. The number of hydrogen-bond acceptors (Lipinski definition) is 3. The van der Waals surface area contributed by atoms with Crippen molar-refractivity contribution >= 4 is 41.5 Å². The highest BCUT2D eigenvalue weighted by Crippen LogP contribution is 2.26. The van der Waals surface area contributed by atoms with Crippen LogP contribution in [0.5, 0.6) is 0 Å². The topological polar surface area (TPSA) is 85.8 Å². The Labute approximate surface area is 208 Å². The summed E-state index contributed by atoms with van der Waals surface area (Å²) in [4.78, 5) is 17.0. The van der Waals surface area contributed by atoms with Crippen LogP contribution in [0.25, 0.3) is 0 Å². The normalized spacial score (nSPS) is 15.0. The van der Waals surface area contributed by atoms with E-state index in [9.17, 15) is 9.90 Å². The van der Waals surface area contributed by atoms with E-state index in [1.54, 1.807) is 0 Å². The molecule has 0 aromatic heterocycles. The first-order valence-electron chi connectivity index (χ1n) is 11.3. The Morgan fingerprint density at radius 2 is 1.84 bits per heavy atom. The van der Waals surface area contributed by atoms with E-state index in [1.165, 1.54) is 0 Å². The van der Waals surface area contributed by atoms with Gasteiger partial charge in [-0.15, -0.1) is 24.0 Å². The summed E-state index contributed by atoms with van der Waals surface area (Å²) < 4.78 is 0. The first kappa shape index (κ1) is 26.1. The van der Waals surface area contributed by atoms with Crippen molar-refractivity contribution in [3.8, 4) is 0 Å². The van der Waals surface area contributed by atoms with Crippen LogP contribution in [0.15, 0.2) is 59.6 Å². The van der Waals surface area contributed by atoms with E-state index >= 15 is 0 Å². The Kier molecular flexibility index (Phi) is 11.5. The van der Waals surface area contributed by atoms with Crippen LogP contribution in [0.3, 0.4) is 0 Å². The molecule has 1 aliphatic rings. The lowest BCUT2D eigenvalue weighted by Gasteiger charge is -2.14. The summed E-state index contributed by atoms with van der Waals surface area (Å²) in [7, 11) is 0. The molecule has 4 N–H and O–H groups in total. The van der Waals surface area contributed by atoms with Crippen LogP contribution in [0.4, 0.5) is 5.69 Å². The van der Waals surface area contributed by atoms with E-state index in [0.717, 1.165) is 49.0 Å². The standard InChI is InChI=1S/C25H34N4O2.HI/c1-2-26-25(27-16-15-23(30)20-10-4-3-5-11-20)28-18-19-9-8-14-22(17-19)29-24(31)21-12-6-7-13-21;/h3-5,8-11,14,17,21,23,30H,2,6-7,12-13,15-16,18H2,1H3,(H,29,31)(H2,26,27,28);1H. The monoisotopic (exact) mass is 550 g/mol. The average Bonchev–Trinajstić information content (AvgIpc) is 3.33. The zero-order valence-corrected chi connectivity index (χ0v) is 21.0. The summed E-state index contributed by atoms with van der Waals surface area (Å²) in [5, 5.41) is 19.9. The molecule has 1 atom stereocenters. The predicted octanol–water partition coefficient (Wildman–Crippen LogP) is 4.61. The molecule has 0 radical (unpaired) electrons. The second kappa shape index (κ2) is 14.1. The van der Waals surface area contributed by atoms with Gasteiger partial charge in [-0.1, -0.05) is 55.3 Å². The lowest BCUT2D eigenvalue weighted by molar-refractivity contribution is -0.119. The quantitative estimate of drug-likeness (QED) is 0.209. The Hall–Kier alpha value is -2.13. The first-order valence-corrected chi connectivity index (χ1v) is 11.3. The van der Waals surface area contributed by atoms with Crippen molar-refractivity contribution < 1.29 is 9.90 Å². The van der Waals surface area contributed by atoms with Gasteiger partial charge in [-0.3, -0.25) is 4.79 Å². The van der Waals surface area contributed by atoms with Crippen molar-refractivity contribution in [2.45, 2.75) is 51.7 Å². The van der Waals surface area contributed by atoms with E-state index in [0.29, 0.717) is 25.5 Å². The summed E-state index contributed by atoms with van der Waals surface area (Å²) in [5.74, 6) is 0.991. The van der Waals surface area contributed by atoms with Crippen LogP contribution >= 0.6 is 24.0 Å². The summed E-state index contributed by atoms with van der Waals surface area (Å²) in [6.45, 7) is 3.89. The number of anilines is 1. The summed E-state index contributed by atoms with van der Waals surface area (Å²) in [5.41, 5.74) is 2.78. The summed E-state index contributed by atoms with van der Waals surface area (Å²) >= 11 is 0. The molecule has 1 aliphatic carbocycles. The van der Waals surface area contributed by atoms with Crippen molar-refractivity contribution in [2.24, 2.45) is 10.9 Å². The van der Waals surface area contributed by atoms with Crippen LogP contribution in [0.2, 0.25) is 0 Å². The zero-order valence-electron chi connectivity index (χ0n) is 18.7. The van der Waals surface area contributed by atoms with Crippen molar-refractivity contribution in [1.29, 1.82) is 0 Å². The number of aliphatic hydroxyl groups excluding tert-OH is 1. The third kappa shape index (κ3) is 8.43. The smallest absolute Gasteiger partial charge is 0.227 e. The molecular weight excluding hydrogens is 515 g/mol. The SMILES string of the molecule is CCNC(=NCc1cccc(NC(=O)C2CCCC2)c1)NCCC(O)c1ccccc1.I. The molecule has 0 saturated heterocycles. The lowest BCUT2D eigenvalue weighted by Crippen LogP contribution is -2.38. The predicted molar refractivity (Wildman–Crippen MR) is 141 cm³/mol. The number of nitrogens with zero attached hydrogens (tertiary/aromatic N) is 1. The van der Waals surface area contributed by atoms with Crippen molar-refractivity contribution in [2.75, 3.05) is 18.4 Å². The maximum Gasteiger partial charge on any atom is 0.227 e. The molecule has 2 aromatic rings. The molecular formula is C25H35IN4O2. The molecule has 1 fully saturated rings. The van der Waals surface area contributed by atoms with E-state index < -0.39 is 6.10 Å². The van der Waals surface area contributed by atoms with Gasteiger partial charge in [0.05, 0.1) is 12.6 Å². The number of aliphatic hydroxyl groups is 1. The average molecular weight is 550 g/mol. The molecule has 1 amide bonds. The number of guanidine groups is 1. The first-order chi connectivity index (χ1) is 15.2. The molecule has 32 heavy (non-hydrogen) atoms. The van der Waals surface area contributed by atoms with Gasteiger partial charge in [0.15, 0.2) is 5.96 Å². The molecule has 0 bridgehead atoms. The highest BCUT2D eigenvalue weighted by molar-refractivity contribution is 14.0. The third-order valence-electron chi connectivity index (χ3n) is 5.58. The van der Waals surface area contributed by atoms with Gasteiger partial charge < -0.3 is 21.1 Å². The molecule has 0 heterocycles. The van der Waals surface area contributed by atoms with E-state index in [-0.39, 0.29) is 35.8 Å². The fourth-order valence-corrected chi connectivity index (χ4v) is 3.86. The minimum absolute atomic E-state index is 0. The maximum absolute atomic E-state index is 12.4. The fraction of sp³-hybridized carbons (Fsp3) is 0.440. The van der Waals surface area contributed by atoms with Gasteiger partial charge in [0, 0.05) is 24.7 Å². The summed E-state index contributed by atoms with van der Waals surface area (Å²) in [6, 6.07) is 17.5. The van der Waals surface area contributed by atoms with Gasteiger partial charge >= 0.3 is 0 Å². The molecule has 1 unspecified atom stereocenters. The van der Waals surface area contributed by atoms with Crippen molar-refractivity contribution in [3.63, 3.8) is 0 Å². The van der Waals surface area contributed by atoms with Crippen LogP contribution in [0, 0.1) is 5.92 Å². The van der Waals surface area contributed by atoms with Gasteiger partial charge in [0.2, 0.25) is 5.91 Å². The number of carbonyl (C=O) groups is 1. The third-order valence-corrected chi connectivity index (χ3v) is 5.58. The molecule has 1 saturated carbocycles. The Bertz CT molecular complexity index is 854.